The summed E-state index contributed by atoms with van der Waals surface area (Å²) in [6.45, 7) is 1.41. The lowest BCUT2D eigenvalue weighted by molar-refractivity contribution is 0.0901. The van der Waals surface area contributed by atoms with Crippen molar-refractivity contribution in [2.24, 2.45) is 11.1 Å². The minimum absolute atomic E-state index is 0. The first-order valence-electron chi connectivity index (χ1n) is 8.40. The average Bonchev–Trinajstić information content (AvgIpc) is 2.60. The van der Waals surface area contributed by atoms with E-state index in [0.29, 0.717) is 6.54 Å². The number of sulfonamides is 1. The first kappa shape index (κ1) is 20.6. The summed E-state index contributed by atoms with van der Waals surface area (Å²) in [5, 5.41) is 8.43. The number of halogens is 1. The number of carbonyl (C=O) groups excluding carboxylic acids is 1. The Balaban J connectivity index is 0.00000243. The Morgan fingerprint density at radius 1 is 1.08 bits per heavy atom. The predicted molar refractivity (Wildman–Crippen MR) is 104 cm³/mol. The standard InChI is InChI=1S/C19H22N2O3S.ClH/c20-25(23,24)17-9-5-14(6-10-17)11-12-21-13-16-8-7-15-3-1-2-4-18(15)19(16)22;/h1-6,9-10,16,21H,7-8,11-13H2,(H2,20,23,24);1H. The topological polar surface area (TPSA) is 89.3 Å². The van der Waals surface area contributed by atoms with E-state index in [2.05, 4.69) is 5.32 Å². The van der Waals surface area contributed by atoms with Gasteiger partial charge in [-0.05, 0) is 49.1 Å². The quantitative estimate of drug-likeness (QED) is 0.736. The molecule has 0 bridgehead atoms. The van der Waals surface area contributed by atoms with Crippen LogP contribution in [-0.4, -0.2) is 27.3 Å². The third-order valence-corrected chi connectivity index (χ3v) is 5.58. The minimum atomic E-state index is -3.64. The normalized spacial score (nSPS) is 16.7. The highest BCUT2D eigenvalue weighted by atomic mass is 35.5. The number of ketones is 1. The van der Waals surface area contributed by atoms with Gasteiger partial charge in [-0.2, -0.15) is 0 Å². The van der Waals surface area contributed by atoms with Crippen molar-refractivity contribution in [1.29, 1.82) is 0 Å². The molecule has 0 aliphatic heterocycles. The summed E-state index contributed by atoms with van der Waals surface area (Å²) in [6, 6.07) is 14.4. The molecule has 5 nitrogen and oxygen atoms in total. The summed E-state index contributed by atoms with van der Waals surface area (Å²) in [5.74, 6) is 0.256. The van der Waals surface area contributed by atoms with Crippen LogP contribution in [0.5, 0.6) is 0 Å². The van der Waals surface area contributed by atoms with E-state index in [-0.39, 0.29) is 29.0 Å². The number of benzene rings is 2. The Labute approximate surface area is 160 Å². The first-order chi connectivity index (χ1) is 11.9. The molecule has 26 heavy (non-hydrogen) atoms. The molecule has 1 atom stereocenters. The highest BCUT2D eigenvalue weighted by Crippen LogP contribution is 2.24. The molecular formula is C19H23ClN2O3S. The minimum Gasteiger partial charge on any atom is -0.316 e. The molecule has 0 saturated heterocycles. The van der Waals surface area contributed by atoms with Crippen molar-refractivity contribution in [2.45, 2.75) is 24.2 Å². The lowest BCUT2D eigenvalue weighted by Gasteiger charge is -2.23. The van der Waals surface area contributed by atoms with Crippen molar-refractivity contribution < 1.29 is 13.2 Å². The number of primary sulfonamides is 1. The van der Waals surface area contributed by atoms with Crippen molar-refractivity contribution >= 4 is 28.2 Å². The second-order valence-corrected chi connectivity index (χ2v) is 7.96. The molecule has 0 heterocycles. The fourth-order valence-corrected chi connectivity index (χ4v) is 3.72. The molecule has 0 spiro atoms. The molecule has 1 unspecified atom stereocenters. The fraction of sp³-hybridized carbons (Fsp3) is 0.316. The van der Waals surface area contributed by atoms with Crippen LogP contribution in [0.3, 0.4) is 0 Å². The van der Waals surface area contributed by atoms with Gasteiger partial charge in [0.2, 0.25) is 10.0 Å². The Morgan fingerprint density at radius 2 is 1.77 bits per heavy atom. The van der Waals surface area contributed by atoms with Crippen LogP contribution in [0.4, 0.5) is 0 Å². The molecule has 3 rings (SSSR count). The maximum atomic E-state index is 12.5. The van der Waals surface area contributed by atoms with E-state index < -0.39 is 10.0 Å². The number of hydrogen-bond acceptors (Lipinski definition) is 4. The Kier molecular flexibility index (Phi) is 6.94. The highest BCUT2D eigenvalue weighted by molar-refractivity contribution is 7.89. The molecule has 140 valence electrons. The summed E-state index contributed by atoms with van der Waals surface area (Å²) < 4.78 is 22.5. The van der Waals surface area contributed by atoms with Crippen LogP contribution < -0.4 is 10.5 Å². The third-order valence-electron chi connectivity index (χ3n) is 4.65. The van der Waals surface area contributed by atoms with Crippen LogP contribution in [0.1, 0.15) is 27.9 Å². The van der Waals surface area contributed by atoms with Gasteiger partial charge in [0.15, 0.2) is 5.78 Å². The van der Waals surface area contributed by atoms with Gasteiger partial charge in [-0.15, -0.1) is 12.4 Å². The number of fused-ring (bicyclic) bond motifs is 1. The monoisotopic (exact) mass is 394 g/mol. The summed E-state index contributed by atoms with van der Waals surface area (Å²) in [5.41, 5.74) is 3.04. The number of nitrogens with one attached hydrogen (secondary N) is 1. The van der Waals surface area contributed by atoms with Crippen LogP contribution in [0.2, 0.25) is 0 Å². The molecule has 2 aromatic carbocycles. The second kappa shape index (κ2) is 8.77. The molecular weight excluding hydrogens is 372 g/mol. The predicted octanol–water partition coefficient (Wildman–Crippen LogP) is 2.33. The third kappa shape index (κ3) is 4.92. The zero-order chi connectivity index (χ0) is 17.9. The van der Waals surface area contributed by atoms with Gasteiger partial charge in [-0.3, -0.25) is 4.79 Å². The Bertz CT molecular complexity index is 867. The number of hydrogen-bond donors (Lipinski definition) is 2. The van der Waals surface area contributed by atoms with Crippen LogP contribution >= 0.6 is 12.4 Å². The number of aryl methyl sites for hydroxylation is 1. The lowest BCUT2D eigenvalue weighted by atomic mass is 9.83. The summed E-state index contributed by atoms with van der Waals surface area (Å²) in [7, 11) is -3.64. The van der Waals surface area contributed by atoms with Crippen LogP contribution in [0.25, 0.3) is 0 Å². The zero-order valence-corrected chi connectivity index (χ0v) is 16.0. The van der Waals surface area contributed by atoms with E-state index >= 15 is 0 Å². The van der Waals surface area contributed by atoms with Gasteiger partial charge in [0, 0.05) is 18.0 Å². The molecule has 0 radical (unpaired) electrons. The lowest BCUT2D eigenvalue weighted by Crippen LogP contribution is -2.33. The van der Waals surface area contributed by atoms with E-state index in [1.165, 1.54) is 12.1 Å². The molecule has 1 aliphatic rings. The van der Waals surface area contributed by atoms with E-state index in [0.717, 1.165) is 42.5 Å². The maximum absolute atomic E-state index is 12.5. The van der Waals surface area contributed by atoms with Gasteiger partial charge in [-0.1, -0.05) is 36.4 Å². The van der Waals surface area contributed by atoms with Crippen molar-refractivity contribution in [3.63, 3.8) is 0 Å². The number of nitrogens with two attached hydrogens (primary N) is 1. The van der Waals surface area contributed by atoms with Gasteiger partial charge in [-0.25, -0.2) is 13.6 Å². The van der Waals surface area contributed by atoms with Gasteiger partial charge in [0.05, 0.1) is 4.90 Å². The second-order valence-electron chi connectivity index (χ2n) is 6.40. The smallest absolute Gasteiger partial charge is 0.238 e. The van der Waals surface area contributed by atoms with E-state index in [1.54, 1.807) is 12.1 Å². The maximum Gasteiger partial charge on any atom is 0.238 e. The summed E-state index contributed by atoms with van der Waals surface area (Å²) in [6.07, 6.45) is 2.59. The summed E-state index contributed by atoms with van der Waals surface area (Å²) in [4.78, 5) is 12.6. The SMILES string of the molecule is Cl.NS(=O)(=O)c1ccc(CCNCC2CCc3ccccc3C2=O)cc1. The van der Waals surface area contributed by atoms with Crippen molar-refractivity contribution in [3.8, 4) is 0 Å². The van der Waals surface area contributed by atoms with Gasteiger partial charge in [0.25, 0.3) is 0 Å². The molecule has 7 heteroatoms. The first-order valence-corrected chi connectivity index (χ1v) is 9.94. The van der Waals surface area contributed by atoms with Gasteiger partial charge < -0.3 is 5.32 Å². The molecule has 0 aromatic heterocycles. The molecule has 0 saturated carbocycles. The van der Waals surface area contributed by atoms with E-state index in [9.17, 15) is 13.2 Å². The van der Waals surface area contributed by atoms with Crippen molar-refractivity contribution in [3.05, 3.63) is 65.2 Å². The van der Waals surface area contributed by atoms with Crippen LogP contribution in [0, 0.1) is 5.92 Å². The van der Waals surface area contributed by atoms with Crippen molar-refractivity contribution in [1.82, 2.24) is 5.32 Å². The highest BCUT2D eigenvalue weighted by Gasteiger charge is 2.26. The molecule has 3 N–H and O–H groups in total. The molecule has 0 fully saturated rings. The van der Waals surface area contributed by atoms with Crippen LogP contribution in [-0.2, 0) is 22.9 Å². The van der Waals surface area contributed by atoms with Gasteiger partial charge in [0.1, 0.15) is 0 Å². The molecule has 2 aromatic rings. The molecule has 0 amide bonds. The Hall–Kier alpha value is -1.73. The number of Topliss-reactive ketones (excluding diaryl/α,β-unsaturated/α-hetero) is 1. The number of rotatable bonds is 6. The van der Waals surface area contributed by atoms with E-state index in [1.807, 2.05) is 24.3 Å². The average molecular weight is 395 g/mol. The number of carbonyl (C=O) groups is 1. The molecule has 1 aliphatic carbocycles. The van der Waals surface area contributed by atoms with E-state index in [4.69, 9.17) is 5.14 Å². The van der Waals surface area contributed by atoms with Gasteiger partial charge >= 0.3 is 0 Å². The van der Waals surface area contributed by atoms with Crippen molar-refractivity contribution in [2.75, 3.05) is 13.1 Å². The summed E-state index contributed by atoms with van der Waals surface area (Å²) >= 11 is 0. The Morgan fingerprint density at radius 3 is 2.46 bits per heavy atom. The fourth-order valence-electron chi connectivity index (χ4n) is 3.21. The largest absolute Gasteiger partial charge is 0.316 e. The zero-order valence-electron chi connectivity index (χ0n) is 14.4. The van der Waals surface area contributed by atoms with Crippen LogP contribution in [0.15, 0.2) is 53.4 Å².